The van der Waals surface area contributed by atoms with E-state index in [1.807, 2.05) is 30.3 Å². The molecule has 2 N–H and O–H groups in total. The van der Waals surface area contributed by atoms with E-state index in [-0.39, 0.29) is 5.75 Å². The second-order valence-electron chi connectivity index (χ2n) is 5.98. The van der Waals surface area contributed by atoms with Crippen LogP contribution in [0.25, 0.3) is 21.7 Å². The summed E-state index contributed by atoms with van der Waals surface area (Å²) in [7, 11) is 0. The van der Waals surface area contributed by atoms with Crippen LogP contribution in [0.3, 0.4) is 0 Å². The second-order valence-corrected chi connectivity index (χ2v) is 5.98. The van der Waals surface area contributed by atoms with Gasteiger partial charge < -0.3 is 10.4 Å². The number of hydrogen-bond donors (Lipinski definition) is 2. The number of hydrogen-bond acceptors (Lipinski definition) is 4. The molecule has 0 spiro atoms. The number of aromatic nitrogens is 2. The van der Waals surface area contributed by atoms with Gasteiger partial charge in [-0.1, -0.05) is 30.3 Å². The molecule has 0 aliphatic carbocycles. The highest BCUT2D eigenvalue weighted by molar-refractivity contribution is 6.01. The van der Waals surface area contributed by atoms with E-state index in [4.69, 9.17) is 0 Å². The number of aromatic hydroxyl groups is 1. The molecule has 0 saturated carbocycles. The summed E-state index contributed by atoms with van der Waals surface area (Å²) in [6.07, 6.45) is 1.54. The van der Waals surface area contributed by atoms with Crippen LogP contribution in [0.4, 0.5) is 11.5 Å². The number of aryl methyl sites for hydroxylation is 2. The van der Waals surface area contributed by atoms with Gasteiger partial charge in [0, 0.05) is 10.8 Å². The predicted molar refractivity (Wildman–Crippen MR) is 97.9 cm³/mol. The number of fused-ring (bicyclic) bond motifs is 2. The lowest BCUT2D eigenvalue weighted by Crippen LogP contribution is -1.98. The average molecular weight is 315 g/mol. The first kappa shape index (κ1) is 14.5. The highest BCUT2D eigenvalue weighted by Crippen LogP contribution is 2.35. The Balaban J connectivity index is 1.92. The number of benzene rings is 3. The van der Waals surface area contributed by atoms with E-state index < -0.39 is 0 Å². The fraction of sp³-hybridized carbons (Fsp3) is 0.100. The monoisotopic (exact) mass is 315 g/mol. The van der Waals surface area contributed by atoms with E-state index in [0.29, 0.717) is 11.5 Å². The molecule has 0 saturated heterocycles. The molecule has 0 fully saturated rings. The zero-order chi connectivity index (χ0) is 16.7. The number of rotatable bonds is 2. The quantitative estimate of drug-likeness (QED) is 0.519. The molecule has 1 aromatic heterocycles. The van der Waals surface area contributed by atoms with Crippen LogP contribution < -0.4 is 5.32 Å². The molecule has 24 heavy (non-hydrogen) atoms. The standard InChI is InChI=1S/C20H17N3O/c1-12-9-16-17(10-13(12)2)21-11-22-20(16)23-19-15-6-4-3-5-14(15)7-8-18(19)24/h3-11,24H,1-2H3,(H,21,22,23). The average Bonchev–Trinajstić information content (AvgIpc) is 2.59. The molecule has 4 nitrogen and oxygen atoms in total. The lowest BCUT2D eigenvalue weighted by atomic mass is 10.1. The lowest BCUT2D eigenvalue weighted by Gasteiger charge is -2.13. The summed E-state index contributed by atoms with van der Waals surface area (Å²) in [6.45, 7) is 4.14. The fourth-order valence-electron chi connectivity index (χ4n) is 2.93. The minimum atomic E-state index is 0.198. The molecule has 4 aromatic rings. The molecule has 0 bridgehead atoms. The molecule has 0 aliphatic heterocycles. The van der Waals surface area contributed by atoms with Crippen LogP contribution in [0.5, 0.6) is 5.75 Å². The van der Waals surface area contributed by atoms with E-state index in [1.165, 1.54) is 11.1 Å². The van der Waals surface area contributed by atoms with Crippen molar-refractivity contribution in [3.63, 3.8) is 0 Å². The first-order valence-corrected chi connectivity index (χ1v) is 7.83. The molecule has 3 aromatic carbocycles. The first-order valence-electron chi connectivity index (χ1n) is 7.83. The van der Waals surface area contributed by atoms with E-state index >= 15 is 0 Å². The molecular weight excluding hydrogens is 298 g/mol. The van der Waals surface area contributed by atoms with Gasteiger partial charge in [-0.05, 0) is 48.6 Å². The van der Waals surface area contributed by atoms with Crippen molar-refractivity contribution in [1.29, 1.82) is 0 Å². The molecule has 1 heterocycles. The third kappa shape index (κ3) is 2.33. The molecule has 0 radical (unpaired) electrons. The first-order chi connectivity index (χ1) is 11.6. The van der Waals surface area contributed by atoms with Crippen LogP contribution in [0.1, 0.15) is 11.1 Å². The Bertz CT molecular complexity index is 1070. The summed E-state index contributed by atoms with van der Waals surface area (Å²) in [6, 6.07) is 15.7. The van der Waals surface area contributed by atoms with Gasteiger partial charge in [-0.3, -0.25) is 0 Å². The predicted octanol–water partition coefficient (Wildman–Crippen LogP) is 4.85. The summed E-state index contributed by atoms with van der Waals surface area (Å²) in [5, 5.41) is 16.6. The Morgan fingerprint density at radius 2 is 1.67 bits per heavy atom. The van der Waals surface area contributed by atoms with Crippen molar-refractivity contribution < 1.29 is 5.11 Å². The SMILES string of the molecule is Cc1cc2ncnc(Nc3c(O)ccc4ccccc34)c2cc1C. The summed E-state index contributed by atoms with van der Waals surface area (Å²) in [5.41, 5.74) is 3.92. The van der Waals surface area contributed by atoms with Gasteiger partial charge in [0.15, 0.2) is 0 Å². The van der Waals surface area contributed by atoms with Crippen molar-refractivity contribution >= 4 is 33.2 Å². The molecule has 0 atom stereocenters. The van der Waals surface area contributed by atoms with Crippen LogP contribution in [0.15, 0.2) is 54.9 Å². The van der Waals surface area contributed by atoms with Crippen molar-refractivity contribution in [1.82, 2.24) is 9.97 Å². The van der Waals surface area contributed by atoms with E-state index in [1.54, 1.807) is 12.4 Å². The summed E-state index contributed by atoms with van der Waals surface area (Å²) >= 11 is 0. The van der Waals surface area contributed by atoms with Crippen molar-refractivity contribution in [2.75, 3.05) is 5.32 Å². The Hall–Kier alpha value is -3.14. The van der Waals surface area contributed by atoms with Gasteiger partial charge in [0.25, 0.3) is 0 Å². The van der Waals surface area contributed by atoms with E-state index in [9.17, 15) is 5.11 Å². The van der Waals surface area contributed by atoms with Crippen LogP contribution in [0, 0.1) is 13.8 Å². The van der Waals surface area contributed by atoms with Gasteiger partial charge in [-0.15, -0.1) is 0 Å². The van der Waals surface area contributed by atoms with Gasteiger partial charge in [-0.2, -0.15) is 0 Å². The molecule has 4 heteroatoms. The summed E-state index contributed by atoms with van der Waals surface area (Å²) < 4.78 is 0. The molecular formula is C20H17N3O. The van der Waals surface area contributed by atoms with Crippen molar-refractivity contribution in [2.24, 2.45) is 0 Å². The van der Waals surface area contributed by atoms with Gasteiger partial charge in [-0.25, -0.2) is 9.97 Å². The number of anilines is 2. The van der Waals surface area contributed by atoms with Crippen molar-refractivity contribution in [3.8, 4) is 5.75 Å². The normalized spacial score (nSPS) is 11.1. The zero-order valence-corrected chi connectivity index (χ0v) is 13.5. The minimum Gasteiger partial charge on any atom is -0.506 e. The molecule has 0 unspecified atom stereocenters. The highest BCUT2D eigenvalue weighted by atomic mass is 16.3. The Morgan fingerprint density at radius 3 is 2.54 bits per heavy atom. The second kappa shape index (κ2) is 5.49. The smallest absolute Gasteiger partial charge is 0.141 e. The van der Waals surface area contributed by atoms with E-state index in [0.717, 1.165) is 21.7 Å². The largest absolute Gasteiger partial charge is 0.506 e. The number of nitrogens with zero attached hydrogens (tertiary/aromatic N) is 2. The lowest BCUT2D eigenvalue weighted by molar-refractivity contribution is 0.478. The maximum atomic E-state index is 10.3. The number of nitrogens with one attached hydrogen (secondary N) is 1. The summed E-state index contributed by atoms with van der Waals surface area (Å²) in [5.74, 6) is 0.888. The van der Waals surface area contributed by atoms with Crippen molar-refractivity contribution in [3.05, 3.63) is 66.0 Å². The Labute approximate surface area is 139 Å². The number of phenols is 1. The number of phenolic OH excluding ortho intramolecular Hbond substituents is 1. The van der Waals surface area contributed by atoms with Gasteiger partial charge >= 0.3 is 0 Å². The maximum Gasteiger partial charge on any atom is 0.141 e. The van der Waals surface area contributed by atoms with Crippen LogP contribution in [-0.2, 0) is 0 Å². The third-order valence-electron chi connectivity index (χ3n) is 4.40. The summed E-state index contributed by atoms with van der Waals surface area (Å²) in [4.78, 5) is 8.74. The Kier molecular flexibility index (Phi) is 3.31. The minimum absolute atomic E-state index is 0.198. The van der Waals surface area contributed by atoms with Gasteiger partial charge in [0.05, 0.1) is 11.2 Å². The molecule has 4 rings (SSSR count). The molecule has 0 amide bonds. The fourth-order valence-corrected chi connectivity index (χ4v) is 2.93. The van der Waals surface area contributed by atoms with Gasteiger partial charge in [0.1, 0.15) is 17.9 Å². The zero-order valence-electron chi connectivity index (χ0n) is 13.5. The molecule has 118 valence electrons. The van der Waals surface area contributed by atoms with Crippen LogP contribution in [-0.4, -0.2) is 15.1 Å². The third-order valence-corrected chi connectivity index (χ3v) is 4.40. The van der Waals surface area contributed by atoms with Crippen molar-refractivity contribution in [2.45, 2.75) is 13.8 Å². The highest BCUT2D eigenvalue weighted by Gasteiger charge is 2.11. The maximum absolute atomic E-state index is 10.3. The van der Waals surface area contributed by atoms with Crippen LogP contribution >= 0.6 is 0 Å². The van der Waals surface area contributed by atoms with Crippen LogP contribution in [0.2, 0.25) is 0 Å². The topological polar surface area (TPSA) is 58.0 Å². The van der Waals surface area contributed by atoms with E-state index in [2.05, 4.69) is 41.3 Å². The molecule has 0 aliphatic rings. The Morgan fingerprint density at radius 1 is 0.875 bits per heavy atom. The van der Waals surface area contributed by atoms with Gasteiger partial charge in [0.2, 0.25) is 0 Å².